The number of carbonyl (C=O) groups is 3. The van der Waals surface area contributed by atoms with Crippen LogP contribution in [0.4, 0.5) is 4.79 Å². The maximum atomic E-state index is 11.9. The topological polar surface area (TPSA) is 87.3 Å². The lowest BCUT2D eigenvalue weighted by atomic mass is 9.88. The van der Waals surface area contributed by atoms with Gasteiger partial charge in [-0.2, -0.15) is 11.8 Å². The van der Waals surface area contributed by atoms with E-state index in [9.17, 15) is 14.4 Å². The van der Waals surface area contributed by atoms with Gasteiger partial charge >= 0.3 is 6.03 Å². The molecule has 2 saturated heterocycles. The summed E-state index contributed by atoms with van der Waals surface area (Å²) in [7, 11) is 0. The van der Waals surface area contributed by atoms with Gasteiger partial charge in [-0.15, -0.1) is 0 Å². The molecule has 2 fully saturated rings. The Bertz CT molecular complexity index is 548. The highest BCUT2D eigenvalue weighted by molar-refractivity contribution is 8.00. The molecule has 3 amide bonds. The van der Waals surface area contributed by atoms with Crippen molar-refractivity contribution in [1.29, 1.82) is 0 Å². The number of ketones is 1. The van der Waals surface area contributed by atoms with Gasteiger partial charge < -0.3 is 16.0 Å². The van der Waals surface area contributed by atoms with Crippen LogP contribution in [0.1, 0.15) is 78.6 Å². The maximum absolute atomic E-state index is 11.9. The van der Waals surface area contributed by atoms with E-state index in [4.69, 9.17) is 0 Å². The van der Waals surface area contributed by atoms with Crippen molar-refractivity contribution in [3.8, 4) is 0 Å². The normalized spacial score (nSPS) is 23.8. The molecule has 6 nitrogen and oxygen atoms in total. The van der Waals surface area contributed by atoms with Crippen LogP contribution >= 0.6 is 11.8 Å². The third kappa shape index (κ3) is 8.41. The highest BCUT2D eigenvalue weighted by Gasteiger charge is 2.42. The van der Waals surface area contributed by atoms with Gasteiger partial charge in [0, 0.05) is 36.8 Å². The van der Waals surface area contributed by atoms with Gasteiger partial charge in [-0.25, -0.2) is 4.79 Å². The number of Topliss-reactive ketones (excluding diaryl/α,β-unsaturated/α-hetero) is 1. The Morgan fingerprint density at radius 3 is 2.57 bits per heavy atom. The molecule has 28 heavy (non-hydrogen) atoms. The Kier molecular flexibility index (Phi) is 9.12. The van der Waals surface area contributed by atoms with E-state index in [1.54, 1.807) is 0 Å². The highest BCUT2D eigenvalue weighted by atomic mass is 32.2. The lowest BCUT2D eigenvalue weighted by Gasteiger charge is -2.16. The predicted molar refractivity (Wildman–Crippen MR) is 115 cm³/mol. The molecule has 2 heterocycles. The number of rotatable bonds is 12. The van der Waals surface area contributed by atoms with E-state index in [-0.39, 0.29) is 29.4 Å². The smallest absolute Gasteiger partial charge is 0.315 e. The molecule has 3 atom stereocenters. The van der Waals surface area contributed by atoms with Crippen LogP contribution < -0.4 is 16.0 Å². The third-order valence-electron chi connectivity index (χ3n) is 5.26. The van der Waals surface area contributed by atoms with Crippen LogP contribution in [-0.2, 0) is 9.59 Å². The van der Waals surface area contributed by atoms with E-state index in [1.807, 2.05) is 11.8 Å². The fraction of sp³-hybridized carbons (Fsp3) is 0.857. The van der Waals surface area contributed by atoms with Crippen molar-refractivity contribution in [3.63, 3.8) is 0 Å². The molecule has 160 valence electrons. The highest BCUT2D eigenvalue weighted by Crippen LogP contribution is 2.33. The minimum atomic E-state index is -0.0433. The van der Waals surface area contributed by atoms with Crippen molar-refractivity contribution in [2.75, 3.05) is 12.3 Å². The van der Waals surface area contributed by atoms with E-state index in [1.165, 1.54) is 0 Å². The van der Waals surface area contributed by atoms with E-state index in [2.05, 4.69) is 36.7 Å². The monoisotopic (exact) mass is 411 g/mol. The number of amides is 3. The van der Waals surface area contributed by atoms with Crippen LogP contribution in [0, 0.1) is 5.41 Å². The zero-order valence-electron chi connectivity index (χ0n) is 17.6. The summed E-state index contributed by atoms with van der Waals surface area (Å²) in [6, 6.07) is 0.481. The summed E-state index contributed by atoms with van der Waals surface area (Å²) in [5, 5.41) is 9.41. The molecule has 7 heteroatoms. The third-order valence-corrected chi connectivity index (χ3v) is 6.77. The van der Waals surface area contributed by atoms with Crippen LogP contribution in [0.25, 0.3) is 0 Å². The standard InChI is InChI=1S/C21H37N3O3S/c1-21(2,3)13-15(25)9-5-4-8-12-22-18(26)11-7-6-10-17-19-16(14-28-17)23-20(27)24-19/h16-17,19H,4-14H2,1-3H3,(H,22,26)(H2,23,24,27)/t16-,17-,19-/m0/s1. The second-order valence-corrected chi connectivity index (χ2v) is 10.6. The summed E-state index contributed by atoms with van der Waals surface area (Å²) in [5.41, 5.74) is 0.0745. The Labute approximate surface area is 173 Å². The first-order valence-corrected chi connectivity index (χ1v) is 11.8. The average molecular weight is 412 g/mol. The summed E-state index contributed by atoms with van der Waals surface area (Å²) >= 11 is 1.92. The molecule has 0 aromatic rings. The number of nitrogens with one attached hydrogen (secondary N) is 3. The number of carbonyl (C=O) groups excluding carboxylic acids is 3. The van der Waals surface area contributed by atoms with Gasteiger partial charge in [0.25, 0.3) is 0 Å². The van der Waals surface area contributed by atoms with Crippen molar-refractivity contribution in [1.82, 2.24) is 16.0 Å². The number of urea groups is 1. The zero-order chi connectivity index (χ0) is 20.6. The molecule has 2 aliphatic rings. The van der Waals surface area contributed by atoms with Gasteiger partial charge in [0.15, 0.2) is 0 Å². The van der Waals surface area contributed by atoms with Crippen LogP contribution in [-0.4, -0.2) is 47.4 Å². The number of hydrogen-bond acceptors (Lipinski definition) is 4. The SMILES string of the molecule is CC(C)(C)CC(=O)CCCCCNC(=O)CCCC[C@@H]1SC[C@@H]2NC(=O)N[C@@H]21. The molecule has 2 aliphatic heterocycles. The molecule has 0 unspecified atom stereocenters. The molecule has 0 radical (unpaired) electrons. The molecular formula is C21H37N3O3S. The Balaban J connectivity index is 1.42. The molecule has 3 N–H and O–H groups in total. The largest absolute Gasteiger partial charge is 0.356 e. The molecule has 0 bridgehead atoms. The number of unbranched alkanes of at least 4 members (excludes halogenated alkanes) is 3. The van der Waals surface area contributed by atoms with Gasteiger partial charge in [0.2, 0.25) is 5.91 Å². The second kappa shape index (κ2) is 11.1. The van der Waals surface area contributed by atoms with Crippen molar-refractivity contribution >= 4 is 29.5 Å². The Morgan fingerprint density at radius 1 is 1.07 bits per heavy atom. The Hall–Kier alpha value is -1.24. The van der Waals surface area contributed by atoms with Crippen LogP contribution in [0.5, 0.6) is 0 Å². The summed E-state index contributed by atoms with van der Waals surface area (Å²) < 4.78 is 0. The minimum absolute atomic E-state index is 0.0433. The second-order valence-electron chi connectivity index (χ2n) is 9.30. The fourth-order valence-electron chi connectivity index (χ4n) is 3.89. The fourth-order valence-corrected chi connectivity index (χ4v) is 5.44. The van der Waals surface area contributed by atoms with E-state index in [0.29, 0.717) is 36.8 Å². The van der Waals surface area contributed by atoms with Gasteiger partial charge in [-0.05, 0) is 31.1 Å². The summed E-state index contributed by atoms with van der Waals surface area (Å²) in [5.74, 6) is 1.45. The molecule has 0 aromatic carbocycles. The van der Waals surface area contributed by atoms with Crippen LogP contribution in [0.15, 0.2) is 0 Å². The molecule has 0 saturated carbocycles. The van der Waals surface area contributed by atoms with Crippen LogP contribution in [0.3, 0.4) is 0 Å². The molecule has 2 rings (SSSR count). The Morgan fingerprint density at radius 2 is 1.82 bits per heavy atom. The van der Waals surface area contributed by atoms with Gasteiger partial charge in [0.1, 0.15) is 5.78 Å². The quantitative estimate of drug-likeness (QED) is 0.339. The number of hydrogen-bond donors (Lipinski definition) is 3. The summed E-state index contributed by atoms with van der Waals surface area (Å²) in [4.78, 5) is 35.1. The zero-order valence-corrected chi connectivity index (χ0v) is 18.5. The van der Waals surface area contributed by atoms with Gasteiger partial charge in [0.05, 0.1) is 12.1 Å². The van der Waals surface area contributed by atoms with Gasteiger partial charge in [-0.1, -0.05) is 33.6 Å². The minimum Gasteiger partial charge on any atom is -0.356 e. The van der Waals surface area contributed by atoms with E-state index < -0.39 is 0 Å². The average Bonchev–Trinajstić information content (AvgIpc) is 3.12. The number of thioether (sulfide) groups is 1. The lowest BCUT2D eigenvalue weighted by Crippen LogP contribution is -2.36. The molecule has 0 aromatic heterocycles. The van der Waals surface area contributed by atoms with E-state index in [0.717, 1.165) is 44.3 Å². The van der Waals surface area contributed by atoms with Crippen molar-refractivity contribution < 1.29 is 14.4 Å². The maximum Gasteiger partial charge on any atom is 0.315 e. The number of fused-ring (bicyclic) bond motifs is 1. The first-order chi connectivity index (χ1) is 13.2. The first-order valence-electron chi connectivity index (χ1n) is 10.7. The van der Waals surface area contributed by atoms with Crippen molar-refractivity contribution in [3.05, 3.63) is 0 Å². The van der Waals surface area contributed by atoms with Gasteiger partial charge in [-0.3, -0.25) is 9.59 Å². The van der Waals surface area contributed by atoms with E-state index >= 15 is 0 Å². The molecule has 0 spiro atoms. The first kappa shape index (κ1) is 23.0. The van der Waals surface area contributed by atoms with Crippen molar-refractivity contribution in [2.45, 2.75) is 95.9 Å². The predicted octanol–water partition coefficient (Wildman–Crippen LogP) is 3.39. The molecule has 0 aliphatic carbocycles. The summed E-state index contributed by atoms with van der Waals surface area (Å²) in [6.45, 7) is 6.97. The van der Waals surface area contributed by atoms with Crippen molar-refractivity contribution in [2.24, 2.45) is 5.41 Å². The lowest BCUT2D eigenvalue weighted by molar-refractivity contribution is -0.122. The van der Waals surface area contributed by atoms with Crippen LogP contribution in [0.2, 0.25) is 0 Å². The molecular weight excluding hydrogens is 374 g/mol. The summed E-state index contributed by atoms with van der Waals surface area (Å²) in [6.07, 6.45) is 7.65.